The van der Waals surface area contributed by atoms with Gasteiger partial charge in [-0.25, -0.2) is 0 Å². The molecule has 2 aliphatic rings. The van der Waals surface area contributed by atoms with E-state index in [1.54, 1.807) is 17.0 Å². The zero-order valence-electron chi connectivity index (χ0n) is 25.2. The molecule has 5 nitrogen and oxygen atoms in total. The first-order valence-electron chi connectivity index (χ1n) is 14.9. The SMILES string of the molecule is Brc1cccc2c1CN(Cc1ccccc1)C2.Brc1cccc2c1C[NH+](Cc1ccccc1)C2.Cc1ccc(S(=O)(=O)O)cc1. The van der Waals surface area contributed by atoms with Crippen LogP contribution in [-0.2, 0) is 49.4 Å². The van der Waals surface area contributed by atoms with Crippen molar-refractivity contribution in [3.05, 3.63) is 169 Å². The number of rotatable bonds is 5. The maximum Gasteiger partial charge on any atom is 0.294 e. The number of benzene rings is 5. The predicted octanol–water partition coefficient (Wildman–Crippen LogP) is 7.75. The molecule has 1 unspecified atom stereocenters. The molecule has 0 amide bonds. The molecule has 2 N–H and O–H groups in total. The van der Waals surface area contributed by atoms with E-state index in [1.807, 2.05) is 6.92 Å². The normalized spacial score (nSPS) is 15.2. The molecular formula is C37H37Br2N2O3S+. The van der Waals surface area contributed by atoms with E-state index in [0.717, 1.165) is 44.8 Å². The molecular weight excluding hydrogens is 712 g/mol. The molecule has 0 spiro atoms. The summed E-state index contributed by atoms with van der Waals surface area (Å²) in [4.78, 5) is 4.03. The number of fused-ring (bicyclic) bond motifs is 2. The molecule has 0 fully saturated rings. The van der Waals surface area contributed by atoms with Crippen molar-refractivity contribution >= 4 is 42.0 Å². The van der Waals surface area contributed by atoms with Gasteiger partial charge in [0.05, 0.1) is 4.90 Å². The number of aryl methyl sites for hydroxylation is 1. The van der Waals surface area contributed by atoms with Crippen LogP contribution in [0.4, 0.5) is 0 Å². The summed E-state index contributed by atoms with van der Waals surface area (Å²) in [5, 5.41) is 0. The minimum Gasteiger partial charge on any atom is -0.324 e. The molecule has 0 aromatic heterocycles. The number of quaternary nitrogens is 1. The van der Waals surface area contributed by atoms with Crippen molar-refractivity contribution in [3.63, 3.8) is 0 Å². The van der Waals surface area contributed by atoms with E-state index in [-0.39, 0.29) is 4.90 Å². The average molecular weight is 750 g/mol. The van der Waals surface area contributed by atoms with Gasteiger partial charge in [0.15, 0.2) is 0 Å². The first-order valence-corrected chi connectivity index (χ1v) is 17.9. The largest absolute Gasteiger partial charge is 0.324 e. The summed E-state index contributed by atoms with van der Waals surface area (Å²) in [5.41, 5.74) is 9.64. The Morgan fingerprint density at radius 1 is 0.667 bits per heavy atom. The minimum atomic E-state index is -4.02. The second-order valence-corrected chi connectivity index (χ2v) is 14.6. The van der Waals surface area contributed by atoms with Crippen LogP contribution in [-0.4, -0.2) is 17.9 Å². The Balaban J connectivity index is 0.000000137. The highest BCUT2D eigenvalue weighted by Gasteiger charge is 2.24. The summed E-state index contributed by atoms with van der Waals surface area (Å²) in [6.07, 6.45) is 0. The lowest BCUT2D eigenvalue weighted by atomic mass is 10.1. The predicted molar refractivity (Wildman–Crippen MR) is 187 cm³/mol. The molecule has 0 radical (unpaired) electrons. The third-order valence-electron chi connectivity index (χ3n) is 7.94. The minimum absolute atomic E-state index is 0.0666. The highest BCUT2D eigenvalue weighted by Crippen LogP contribution is 2.30. The van der Waals surface area contributed by atoms with Crippen LogP contribution in [0.1, 0.15) is 38.9 Å². The van der Waals surface area contributed by atoms with Gasteiger partial charge in [-0.15, -0.1) is 0 Å². The summed E-state index contributed by atoms with van der Waals surface area (Å²) in [5.74, 6) is 0. The molecule has 0 saturated heterocycles. The van der Waals surface area contributed by atoms with Crippen molar-refractivity contribution in [2.24, 2.45) is 0 Å². The monoisotopic (exact) mass is 747 g/mol. The molecule has 7 rings (SSSR count). The number of halogens is 2. The number of hydrogen-bond acceptors (Lipinski definition) is 3. The second-order valence-electron chi connectivity index (χ2n) is 11.4. The van der Waals surface area contributed by atoms with E-state index in [4.69, 9.17) is 4.55 Å². The van der Waals surface area contributed by atoms with Gasteiger partial charge >= 0.3 is 0 Å². The fourth-order valence-electron chi connectivity index (χ4n) is 5.67. The van der Waals surface area contributed by atoms with Crippen LogP contribution in [0.15, 0.2) is 135 Å². The standard InChI is InChI=1S/2C15H14BrN.C7H8O3S/c2*16-15-8-4-7-13-10-17(11-14(13)15)9-12-5-2-1-3-6-12;1-6-2-4-7(5-3-6)11(8,9)10/h2*1-8H,9-11H2;2-5H,1H3,(H,8,9,10)/p+1. The molecule has 8 heteroatoms. The van der Waals surface area contributed by atoms with Gasteiger partial charge < -0.3 is 4.90 Å². The van der Waals surface area contributed by atoms with Crippen LogP contribution in [0.5, 0.6) is 0 Å². The highest BCUT2D eigenvalue weighted by molar-refractivity contribution is 9.10. The van der Waals surface area contributed by atoms with Crippen molar-refractivity contribution in [1.29, 1.82) is 0 Å². The first kappa shape index (κ1) is 33.3. The molecule has 5 aromatic carbocycles. The lowest BCUT2D eigenvalue weighted by Crippen LogP contribution is -3.06. The lowest BCUT2D eigenvalue weighted by molar-refractivity contribution is -0.934. The third kappa shape index (κ3) is 9.45. The summed E-state index contributed by atoms with van der Waals surface area (Å²) >= 11 is 7.28. The quantitative estimate of drug-likeness (QED) is 0.181. The summed E-state index contributed by atoms with van der Waals surface area (Å²) in [7, 11) is -4.02. The van der Waals surface area contributed by atoms with E-state index in [1.165, 1.54) is 54.5 Å². The van der Waals surface area contributed by atoms with Gasteiger partial charge in [0.2, 0.25) is 0 Å². The number of hydrogen-bond donors (Lipinski definition) is 2. The molecule has 0 aliphatic carbocycles. The van der Waals surface area contributed by atoms with Crippen molar-refractivity contribution < 1.29 is 17.9 Å². The third-order valence-corrected chi connectivity index (χ3v) is 10.3. The molecule has 0 bridgehead atoms. The van der Waals surface area contributed by atoms with Gasteiger partial charge in [-0.3, -0.25) is 9.45 Å². The van der Waals surface area contributed by atoms with E-state index in [2.05, 4.69) is 134 Å². The van der Waals surface area contributed by atoms with Gasteiger partial charge in [0.1, 0.15) is 19.6 Å². The van der Waals surface area contributed by atoms with Crippen molar-refractivity contribution in [1.82, 2.24) is 4.90 Å². The maximum atomic E-state index is 10.5. The van der Waals surface area contributed by atoms with Crippen LogP contribution in [0, 0.1) is 6.92 Å². The smallest absolute Gasteiger partial charge is 0.294 e. The summed E-state index contributed by atoms with van der Waals surface area (Å²) < 4.78 is 32.1. The molecule has 0 saturated carbocycles. The summed E-state index contributed by atoms with van der Waals surface area (Å²) in [6.45, 7) is 8.36. The Bertz CT molecular complexity index is 1720. The Morgan fingerprint density at radius 3 is 1.82 bits per heavy atom. The topological polar surface area (TPSA) is 62.0 Å². The zero-order chi connectivity index (χ0) is 31.8. The van der Waals surface area contributed by atoms with Crippen LogP contribution in [0.2, 0.25) is 0 Å². The van der Waals surface area contributed by atoms with Crippen molar-refractivity contribution in [2.45, 2.75) is 51.1 Å². The number of nitrogens with one attached hydrogen (secondary N) is 1. The van der Waals surface area contributed by atoms with Crippen molar-refractivity contribution in [2.75, 3.05) is 0 Å². The van der Waals surface area contributed by atoms with E-state index in [0.29, 0.717) is 0 Å². The average Bonchev–Trinajstić information content (AvgIpc) is 3.64. The molecule has 45 heavy (non-hydrogen) atoms. The van der Waals surface area contributed by atoms with E-state index >= 15 is 0 Å². The first-order chi connectivity index (χ1) is 21.7. The molecule has 2 aliphatic heterocycles. The van der Waals surface area contributed by atoms with Gasteiger partial charge in [0, 0.05) is 45.3 Å². The molecule has 2 heterocycles. The van der Waals surface area contributed by atoms with Crippen LogP contribution < -0.4 is 4.90 Å². The molecule has 5 aromatic rings. The zero-order valence-corrected chi connectivity index (χ0v) is 29.2. The van der Waals surface area contributed by atoms with Gasteiger partial charge in [-0.05, 0) is 47.9 Å². The molecule has 232 valence electrons. The number of nitrogens with zero attached hydrogens (tertiary/aromatic N) is 1. The Hall–Kier alpha value is -3.11. The fourth-order valence-corrected chi connectivity index (χ4v) is 7.23. The Morgan fingerprint density at radius 2 is 1.24 bits per heavy atom. The fraction of sp³-hybridized carbons (Fsp3) is 0.189. The van der Waals surface area contributed by atoms with Gasteiger partial charge in [-0.2, -0.15) is 8.42 Å². The van der Waals surface area contributed by atoms with E-state index in [9.17, 15) is 8.42 Å². The Kier molecular flexibility index (Phi) is 11.4. The maximum absolute atomic E-state index is 10.5. The van der Waals surface area contributed by atoms with Crippen LogP contribution in [0.25, 0.3) is 0 Å². The molecule has 1 atom stereocenters. The van der Waals surface area contributed by atoms with Gasteiger partial charge in [-0.1, -0.05) is 134 Å². The lowest BCUT2D eigenvalue weighted by Gasteiger charge is -2.14. The van der Waals surface area contributed by atoms with E-state index < -0.39 is 10.1 Å². The van der Waals surface area contributed by atoms with Crippen LogP contribution >= 0.6 is 31.9 Å². The highest BCUT2D eigenvalue weighted by atomic mass is 79.9. The van der Waals surface area contributed by atoms with Crippen molar-refractivity contribution in [3.8, 4) is 0 Å². The van der Waals surface area contributed by atoms with Gasteiger partial charge in [0.25, 0.3) is 10.1 Å². The second kappa shape index (κ2) is 15.5. The van der Waals surface area contributed by atoms with Crippen LogP contribution in [0.3, 0.4) is 0 Å². The summed E-state index contributed by atoms with van der Waals surface area (Å²) in [6, 6.07) is 40.4. The Labute approximate surface area is 283 Å².